The number of benzene rings is 1. The summed E-state index contributed by atoms with van der Waals surface area (Å²) < 4.78 is 20.4. The summed E-state index contributed by atoms with van der Waals surface area (Å²) in [4.78, 5) is 14.3. The van der Waals surface area contributed by atoms with Crippen molar-refractivity contribution in [1.82, 2.24) is 14.7 Å². The Bertz CT molecular complexity index is 716. The number of nitrogens with zero attached hydrogens (tertiary/aromatic N) is 3. The fourth-order valence-corrected chi connectivity index (χ4v) is 2.55. The molecule has 0 bridgehead atoms. The van der Waals surface area contributed by atoms with Crippen LogP contribution in [0.1, 0.15) is 5.69 Å². The molecule has 0 radical (unpaired) electrons. The topological polar surface area (TPSA) is 59.4 Å². The quantitative estimate of drug-likeness (QED) is 0.934. The van der Waals surface area contributed by atoms with Crippen molar-refractivity contribution in [2.24, 2.45) is 0 Å². The number of likely N-dealkylation sites (N-methyl/N-ethyl adjacent to an activating group) is 1. The fourth-order valence-electron chi connectivity index (χ4n) is 2.55. The van der Waals surface area contributed by atoms with Crippen LogP contribution in [0.2, 0.25) is 0 Å². The van der Waals surface area contributed by atoms with Crippen LogP contribution in [-0.2, 0) is 9.53 Å². The van der Waals surface area contributed by atoms with E-state index in [4.69, 9.17) is 4.74 Å². The maximum absolute atomic E-state index is 13.3. The molecule has 1 fully saturated rings. The zero-order valence-electron chi connectivity index (χ0n) is 13.1. The van der Waals surface area contributed by atoms with Crippen LogP contribution < -0.4 is 5.32 Å². The molecule has 122 valence electrons. The van der Waals surface area contributed by atoms with Crippen molar-refractivity contribution in [3.63, 3.8) is 0 Å². The van der Waals surface area contributed by atoms with Gasteiger partial charge in [-0.3, -0.25) is 4.79 Å². The Hall–Kier alpha value is -2.25. The predicted octanol–water partition coefficient (Wildman–Crippen LogP) is 1.59. The number of aryl methyl sites for hydroxylation is 1. The lowest BCUT2D eigenvalue weighted by Crippen LogP contribution is -2.46. The van der Waals surface area contributed by atoms with Crippen molar-refractivity contribution >= 4 is 11.7 Å². The number of rotatable bonds is 3. The van der Waals surface area contributed by atoms with Gasteiger partial charge in [-0.2, -0.15) is 0 Å². The summed E-state index contributed by atoms with van der Waals surface area (Å²) in [5, 5.41) is 7.09. The van der Waals surface area contributed by atoms with Crippen LogP contribution in [0.25, 0.3) is 5.69 Å². The Balaban J connectivity index is 1.74. The van der Waals surface area contributed by atoms with Crippen molar-refractivity contribution in [2.75, 3.05) is 32.1 Å². The highest BCUT2D eigenvalue weighted by Crippen LogP contribution is 2.16. The van der Waals surface area contributed by atoms with Crippen molar-refractivity contribution < 1.29 is 13.9 Å². The zero-order valence-corrected chi connectivity index (χ0v) is 13.1. The monoisotopic (exact) mass is 318 g/mol. The van der Waals surface area contributed by atoms with Gasteiger partial charge in [0.05, 0.1) is 12.3 Å². The summed E-state index contributed by atoms with van der Waals surface area (Å²) in [6, 6.07) is 7.89. The van der Waals surface area contributed by atoms with Gasteiger partial charge < -0.3 is 15.0 Å². The Labute approximate surface area is 133 Å². The second kappa shape index (κ2) is 6.47. The van der Waals surface area contributed by atoms with Crippen LogP contribution in [-0.4, -0.2) is 53.4 Å². The molecule has 0 aliphatic carbocycles. The number of anilines is 1. The molecule has 1 atom stereocenters. The largest absolute Gasteiger partial charge is 0.366 e. The molecular weight excluding hydrogens is 299 g/mol. The molecular formula is C16H19FN4O2. The SMILES string of the molecule is Cc1cc(NC(=O)[C@@H]2CN(C)CCO2)nn1-c1cccc(F)c1. The molecule has 1 aliphatic heterocycles. The minimum Gasteiger partial charge on any atom is -0.366 e. The standard InChI is InChI=1S/C16H19FN4O2/c1-11-8-15(18-16(22)14-10-20(2)6-7-23-14)19-21(11)13-5-3-4-12(17)9-13/h3-5,8-9,14H,6-7,10H2,1-2H3,(H,18,19,22)/t14-/m0/s1. The third kappa shape index (κ3) is 3.57. The molecule has 1 aromatic heterocycles. The summed E-state index contributed by atoms with van der Waals surface area (Å²) in [7, 11) is 1.95. The van der Waals surface area contributed by atoms with Gasteiger partial charge in [0, 0.05) is 24.8 Å². The highest BCUT2D eigenvalue weighted by molar-refractivity contribution is 5.93. The van der Waals surface area contributed by atoms with Crippen LogP contribution in [0, 0.1) is 12.7 Å². The lowest BCUT2D eigenvalue weighted by molar-refractivity contribution is -0.132. The molecule has 2 aromatic rings. The normalized spacial score (nSPS) is 18.8. The molecule has 23 heavy (non-hydrogen) atoms. The zero-order chi connectivity index (χ0) is 16.4. The molecule has 1 amide bonds. The van der Waals surface area contributed by atoms with E-state index >= 15 is 0 Å². The first kappa shape index (κ1) is 15.6. The van der Waals surface area contributed by atoms with Gasteiger partial charge >= 0.3 is 0 Å². The maximum atomic E-state index is 13.3. The van der Waals surface area contributed by atoms with E-state index in [0.717, 1.165) is 12.2 Å². The molecule has 0 saturated carbocycles. The first-order valence-electron chi connectivity index (χ1n) is 7.46. The number of aromatic nitrogens is 2. The summed E-state index contributed by atoms with van der Waals surface area (Å²) >= 11 is 0. The third-order valence-electron chi connectivity index (χ3n) is 3.75. The predicted molar refractivity (Wildman–Crippen MR) is 84.1 cm³/mol. The Morgan fingerprint density at radius 3 is 3.00 bits per heavy atom. The average molecular weight is 318 g/mol. The van der Waals surface area contributed by atoms with Crippen LogP contribution in [0.4, 0.5) is 10.2 Å². The number of morpholine rings is 1. The van der Waals surface area contributed by atoms with Crippen LogP contribution in [0.3, 0.4) is 0 Å². The van der Waals surface area contributed by atoms with Gasteiger partial charge in [0.15, 0.2) is 5.82 Å². The Morgan fingerprint density at radius 1 is 1.43 bits per heavy atom. The molecule has 1 aliphatic rings. The van der Waals surface area contributed by atoms with Gasteiger partial charge in [0.1, 0.15) is 11.9 Å². The number of amides is 1. The van der Waals surface area contributed by atoms with E-state index in [1.165, 1.54) is 12.1 Å². The van der Waals surface area contributed by atoms with Crippen LogP contribution >= 0.6 is 0 Å². The molecule has 1 N–H and O–H groups in total. The molecule has 1 saturated heterocycles. The van der Waals surface area contributed by atoms with Crippen LogP contribution in [0.5, 0.6) is 0 Å². The van der Waals surface area contributed by atoms with E-state index in [-0.39, 0.29) is 11.7 Å². The number of ether oxygens (including phenoxy) is 1. The fraction of sp³-hybridized carbons (Fsp3) is 0.375. The first-order chi connectivity index (χ1) is 11.0. The molecule has 3 rings (SSSR count). The van der Waals surface area contributed by atoms with Gasteiger partial charge in [0.25, 0.3) is 5.91 Å². The van der Waals surface area contributed by atoms with Gasteiger partial charge in [-0.15, -0.1) is 5.10 Å². The molecule has 2 heterocycles. The Kier molecular flexibility index (Phi) is 4.40. The van der Waals surface area contributed by atoms with Crippen molar-refractivity contribution in [3.05, 3.63) is 41.8 Å². The number of nitrogens with one attached hydrogen (secondary N) is 1. The van der Waals surface area contributed by atoms with Gasteiger partial charge in [-0.25, -0.2) is 9.07 Å². The highest BCUT2D eigenvalue weighted by Gasteiger charge is 2.25. The maximum Gasteiger partial charge on any atom is 0.256 e. The number of carbonyl (C=O) groups is 1. The highest BCUT2D eigenvalue weighted by atomic mass is 19.1. The van der Waals surface area contributed by atoms with Crippen LogP contribution in [0.15, 0.2) is 30.3 Å². The first-order valence-corrected chi connectivity index (χ1v) is 7.46. The number of carbonyl (C=O) groups excluding carboxylic acids is 1. The molecule has 1 aromatic carbocycles. The smallest absolute Gasteiger partial charge is 0.256 e. The van der Waals surface area contributed by atoms with Gasteiger partial charge in [0.2, 0.25) is 0 Å². The molecule has 7 heteroatoms. The van der Waals surface area contributed by atoms with Gasteiger partial charge in [-0.05, 0) is 32.2 Å². The minimum absolute atomic E-state index is 0.222. The number of halogens is 1. The second-order valence-electron chi connectivity index (χ2n) is 5.67. The lowest BCUT2D eigenvalue weighted by atomic mass is 10.2. The summed E-state index contributed by atoms with van der Waals surface area (Å²) in [6.45, 7) is 3.75. The van der Waals surface area contributed by atoms with E-state index in [9.17, 15) is 9.18 Å². The van der Waals surface area contributed by atoms with Crippen molar-refractivity contribution in [3.8, 4) is 5.69 Å². The lowest BCUT2D eigenvalue weighted by Gasteiger charge is -2.28. The average Bonchev–Trinajstić information content (AvgIpc) is 2.88. The minimum atomic E-state index is -0.506. The van der Waals surface area contributed by atoms with E-state index in [2.05, 4.69) is 10.4 Å². The van der Waals surface area contributed by atoms with E-state index in [0.29, 0.717) is 24.7 Å². The van der Waals surface area contributed by atoms with Crippen molar-refractivity contribution in [1.29, 1.82) is 0 Å². The summed E-state index contributed by atoms with van der Waals surface area (Å²) in [5.41, 5.74) is 1.41. The van der Waals surface area contributed by atoms with E-state index in [1.807, 2.05) is 18.9 Å². The number of hydrogen-bond acceptors (Lipinski definition) is 4. The number of hydrogen-bond donors (Lipinski definition) is 1. The summed E-state index contributed by atoms with van der Waals surface area (Å²) in [6.07, 6.45) is -0.506. The second-order valence-corrected chi connectivity index (χ2v) is 5.67. The van der Waals surface area contributed by atoms with E-state index < -0.39 is 6.10 Å². The molecule has 0 unspecified atom stereocenters. The van der Waals surface area contributed by atoms with E-state index in [1.54, 1.807) is 22.9 Å². The van der Waals surface area contributed by atoms with Crippen molar-refractivity contribution in [2.45, 2.75) is 13.0 Å². The summed E-state index contributed by atoms with van der Waals surface area (Å²) in [5.74, 6) is -0.129. The van der Waals surface area contributed by atoms with Gasteiger partial charge in [-0.1, -0.05) is 6.07 Å². The molecule has 6 nitrogen and oxygen atoms in total. The third-order valence-corrected chi connectivity index (χ3v) is 3.75. The Morgan fingerprint density at radius 2 is 2.26 bits per heavy atom. The molecule has 0 spiro atoms.